The largest absolute Gasteiger partial charge is 0.491 e. The molecule has 37 heavy (non-hydrogen) atoms. The second-order valence-corrected chi connectivity index (χ2v) is 11.4. The molecule has 0 saturated carbocycles. The van der Waals surface area contributed by atoms with Crippen molar-refractivity contribution in [2.45, 2.75) is 50.8 Å². The molecule has 0 saturated heterocycles. The molecule has 3 rings (SSSR count). The van der Waals surface area contributed by atoms with E-state index in [2.05, 4.69) is 10.3 Å². The molecule has 3 atom stereocenters. The summed E-state index contributed by atoms with van der Waals surface area (Å²) in [6.45, 7) is 5.95. The van der Waals surface area contributed by atoms with Crippen LogP contribution in [0, 0.1) is 5.92 Å². The quantitative estimate of drug-likeness (QED) is 0.602. The number of aromatic nitrogens is 2. The van der Waals surface area contributed by atoms with Crippen LogP contribution in [0.1, 0.15) is 44.0 Å². The van der Waals surface area contributed by atoms with Crippen LogP contribution >= 0.6 is 0 Å². The van der Waals surface area contributed by atoms with E-state index in [9.17, 15) is 18.0 Å². The van der Waals surface area contributed by atoms with Crippen molar-refractivity contribution in [3.8, 4) is 5.75 Å². The predicted octanol–water partition coefficient (Wildman–Crippen LogP) is 2.35. The van der Waals surface area contributed by atoms with Crippen LogP contribution in [0.25, 0.3) is 0 Å². The lowest BCUT2D eigenvalue weighted by Gasteiger charge is -2.35. The Labute approximate surface area is 218 Å². The fourth-order valence-electron chi connectivity index (χ4n) is 4.25. The molecule has 204 valence electrons. The second kappa shape index (κ2) is 12.1. The van der Waals surface area contributed by atoms with Gasteiger partial charge in [-0.15, -0.1) is 0 Å². The summed E-state index contributed by atoms with van der Waals surface area (Å²) >= 11 is 0. The maximum absolute atomic E-state index is 13.6. The smallest absolute Gasteiger partial charge is 0.262 e. The standard InChI is InChI=1S/C25H37N5O6S/c1-7-8-23(31)27-19-9-10-21-20(11-19)25(32)29(5)13-22(35-6)17(2)12-30(18(3)15-36-21)37(33,34)24-14-28(4)16-26-24/h9-11,14,16-18,22H,7-8,12-13,15H2,1-6H3,(H,27,31)/t17-,18+,22+/m1/s1. The predicted molar refractivity (Wildman–Crippen MR) is 139 cm³/mol. The van der Waals surface area contributed by atoms with E-state index in [1.54, 1.807) is 50.9 Å². The van der Waals surface area contributed by atoms with Gasteiger partial charge in [0.25, 0.3) is 15.9 Å². The fourth-order valence-corrected chi connectivity index (χ4v) is 5.93. The number of carbonyl (C=O) groups excluding carboxylic acids is 2. The Kier molecular flexibility index (Phi) is 9.32. The summed E-state index contributed by atoms with van der Waals surface area (Å²) in [5.41, 5.74) is 0.755. The first-order valence-corrected chi connectivity index (χ1v) is 13.8. The van der Waals surface area contributed by atoms with Crippen LogP contribution in [0.4, 0.5) is 5.69 Å². The van der Waals surface area contributed by atoms with E-state index in [4.69, 9.17) is 9.47 Å². The van der Waals surface area contributed by atoms with Gasteiger partial charge in [0.2, 0.25) is 5.91 Å². The van der Waals surface area contributed by atoms with Crippen LogP contribution in [0.15, 0.2) is 35.7 Å². The van der Waals surface area contributed by atoms with Crippen molar-refractivity contribution in [2.75, 3.05) is 39.2 Å². The lowest BCUT2D eigenvalue weighted by atomic mass is 10.0. The van der Waals surface area contributed by atoms with Gasteiger partial charge in [-0.05, 0) is 37.5 Å². The molecule has 2 amide bonds. The van der Waals surface area contributed by atoms with Crippen molar-refractivity contribution < 1.29 is 27.5 Å². The number of benzene rings is 1. The number of nitrogens with zero attached hydrogens (tertiary/aromatic N) is 4. The van der Waals surface area contributed by atoms with Crippen LogP contribution in [0.3, 0.4) is 0 Å². The number of likely N-dealkylation sites (N-methyl/N-ethyl adjacent to an activating group) is 1. The van der Waals surface area contributed by atoms with E-state index < -0.39 is 22.2 Å². The summed E-state index contributed by atoms with van der Waals surface area (Å²) in [7, 11) is 0.979. The second-order valence-electron chi connectivity index (χ2n) is 9.56. The molecule has 11 nitrogen and oxygen atoms in total. The lowest BCUT2D eigenvalue weighted by Crippen LogP contribution is -2.48. The van der Waals surface area contributed by atoms with E-state index in [-0.39, 0.29) is 48.0 Å². The number of nitrogens with one attached hydrogen (secondary N) is 1. The van der Waals surface area contributed by atoms with Crippen molar-refractivity contribution in [3.05, 3.63) is 36.3 Å². The third-order valence-electron chi connectivity index (χ3n) is 6.40. The molecule has 1 aromatic heterocycles. The first-order chi connectivity index (χ1) is 17.5. The zero-order valence-corrected chi connectivity index (χ0v) is 23.1. The first kappa shape index (κ1) is 28.6. The van der Waals surface area contributed by atoms with Gasteiger partial charge in [-0.3, -0.25) is 9.59 Å². The Morgan fingerprint density at radius 3 is 2.59 bits per heavy atom. The van der Waals surface area contributed by atoms with Gasteiger partial charge < -0.3 is 24.3 Å². The molecule has 0 aliphatic carbocycles. The summed E-state index contributed by atoms with van der Waals surface area (Å²) in [5, 5.41) is 2.77. The van der Waals surface area contributed by atoms with Crippen LogP contribution < -0.4 is 10.1 Å². The number of ether oxygens (including phenoxy) is 2. The Morgan fingerprint density at radius 1 is 1.24 bits per heavy atom. The van der Waals surface area contributed by atoms with Crippen LogP contribution in [0.2, 0.25) is 0 Å². The van der Waals surface area contributed by atoms with Crippen LogP contribution in [-0.2, 0) is 26.6 Å². The Morgan fingerprint density at radius 2 is 1.97 bits per heavy atom. The van der Waals surface area contributed by atoms with Crippen molar-refractivity contribution in [1.82, 2.24) is 18.8 Å². The maximum atomic E-state index is 13.6. The summed E-state index contributed by atoms with van der Waals surface area (Å²) in [6.07, 6.45) is 3.55. The van der Waals surface area contributed by atoms with E-state index in [1.165, 1.54) is 21.7 Å². The first-order valence-electron chi connectivity index (χ1n) is 12.3. The zero-order chi connectivity index (χ0) is 27.3. The third-order valence-corrected chi connectivity index (χ3v) is 8.27. The number of sulfonamides is 1. The number of fused-ring (bicyclic) bond motifs is 1. The number of amides is 2. The average molecular weight is 536 g/mol. The SMILES string of the molecule is CCCC(=O)Nc1ccc2c(c1)C(=O)N(C)C[C@H](OC)[C@H](C)CN(S(=O)(=O)c1cn(C)cn1)[C@@H](C)CO2. The van der Waals surface area contributed by atoms with Gasteiger partial charge in [-0.1, -0.05) is 13.8 Å². The summed E-state index contributed by atoms with van der Waals surface area (Å²) < 4.78 is 41.9. The molecular formula is C25H37N5O6S. The number of methoxy groups -OCH3 is 1. The number of carbonyl (C=O) groups is 2. The normalized spacial score (nSPS) is 21.9. The van der Waals surface area contributed by atoms with Gasteiger partial charge >= 0.3 is 0 Å². The minimum atomic E-state index is -3.93. The van der Waals surface area contributed by atoms with E-state index in [0.29, 0.717) is 24.3 Å². The minimum Gasteiger partial charge on any atom is -0.491 e. The number of hydrogen-bond donors (Lipinski definition) is 1. The molecule has 1 N–H and O–H groups in total. The summed E-state index contributed by atoms with van der Waals surface area (Å²) in [4.78, 5) is 31.1. The molecule has 12 heteroatoms. The average Bonchev–Trinajstić information content (AvgIpc) is 3.30. The van der Waals surface area contributed by atoms with Crippen molar-refractivity contribution in [2.24, 2.45) is 13.0 Å². The molecule has 0 bridgehead atoms. The fraction of sp³-hybridized carbons (Fsp3) is 0.560. The van der Waals surface area contributed by atoms with Gasteiger partial charge in [0.1, 0.15) is 12.4 Å². The number of hydrogen-bond acceptors (Lipinski definition) is 7. The number of rotatable bonds is 6. The molecule has 0 radical (unpaired) electrons. The molecule has 0 fully saturated rings. The molecule has 1 aliphatic heterocycles. The Balaban J connectivity index is 2.01. The van der Waals surface area contributed by atoms with Crippen molar-refractivity contribution in [1.29, 1.82) is 0 Å². The summed E-state index contributed by atoms with van der Waals surface area (Å²) in [5.74, 6) is -0.383. The molecule has 0 spiro atoms. The highest BCUT2D eigenvalue weighted by Gasteiger charge is 2.35. The highest BCUT2D eigenvalue weighted by Crippen LogP contribution is 2.28. The molecule has 1 aliphatic rings. The lowest BCUT2D eigenvalue weighted by molar-refractivity contribution is -0.116. The summed E-state index contributed by atoms with van der Waals surface area (Å²) in [6, 6.07) is 4.30. The number of imidazole rings is 1. The zero-order valence-electron chi connectivity index (χ0n) is 22.3. The van der Waals surface area contributed by atoms with Gasteiger partial charge in [0, 0.05) is 52.6 Å². The molecule has 2 aromatic rings. The van der Waals surface area contributed by atoms with E-state index in [1.807, 2.05) is 13.8 Å². The van der Waals surface area contributed by atoms with E-state index >= 15 is 0 Å². The Bertz CT molecular complexity index is 1210. The van der Waals surface area contributed by atoms with Crippen LogP contribution in [0.5, 0.6) is 5.75 Å². The molecular weight excluding hydrogens is 498 g/mol. The highest BCUT2D eigenvalue weighted by atomic mass is 32.2. The molecule has 2 heterocycles. The van der Waals surface area contributed by atoms with Crippen LogP contribution in [-0.4, -0.2) is 85.0 Å². The van der Waals surface area contributed by atoms with Crippen molar-refractivity contribution >= 4 is 27.5 Å². The Hall–Kier alpha value is -2.96. The topological polar surface area (TPSA) is 123 Å². The molecule has 0 unspecified atom stereocenters. The monoisotopic (exact) mass is 535 g/mol. The number of aryl methyl sites for hydroxylation is 1. The van der Waals surface area contributed by atoms with Gasteiger partial charge in [0.05, 0.1) is 24.0 Å². The van der Waals surface area contributed by atoms with Gasteiger partial charge in [-0.2, -0.15) is 4.31 Å². The highest BCUT2D eigenvalue weighted by molar-refractivity contribution is 7.89. The van der Waals surface area contributed by atoms with E-state index in [0.717, 1.165) is 0 Å². The van der Waals surface area contributed by atoms with Crippen molar-refractivity contribution in [3.63, 3.8) is 0 Å². The maximum Gasteiger partial charge on any atom is 0.262 e. The molecule has 1 aromatic carbocycles. The van der Waals surface area contributed by atoms with Gasteiger partial charge in [-0.25, -0.2) is 13.4 Å². The van der Waals surface area contributed by atoms with Gasteiger partial charge in [0.15, 0.2) is 5.03 Å². The minimum absolute atomic E-state index is 0.00195. The number of anilines is 1. The third kappa shape index (κ3) is 6.68.